The van der Waals surface area contributed by atoms with E-state index in [9.17, 15) is 21.6 Å². The standard InChI is InChI=1S/C12H16ClNO5S2/c1-8(14-12(15)9(2)20(3,16)17)10-4-6-11(7-5-10)21(13,18)19/h4-9H,1-3H3,(H,14,15). The second-order valence-electron chi connectivity index (χ2n) is 4.71. The zero-order valence-electron chi connectivity index (χ0n) is 11.7. The number of carbonyl (C=O) groups excluding carboxylic acids is 1. The van der Waals surface area contributed by atoms with Crippen LogP contribution in [-0.4, -0.2) is 34.2 Å². The summed E-state index contributed by atoms with van der Waals surface area (Å²) in [7, 11) is -2.06. The highest BCUT2D eigenvalue weighted by Gasteiger charge is 2.24. The van der Waals surface area contributed by atoms with Crippen LogP contribution < -0.4 is 5.32 Å². The summed E-state index contributed by atoms with van der Waals surface area (Å²) in [5.74, 6) is -0.612. The smallest absolute Gasteiger partial charge is 0.261 e. The number of nitrogens with one attached hydrogen (secondary N) is 1. The molecule has 21 heavy (non-hydrogen) atoms. The molecule has 1 aromatic rings. The minimum Gasteiger partial charge on any atom is -0.348 e. The molecule has 0 aliphatic carbocycles. The second-order valence-corrected chi connectivity index (χ2v) is 9.64. The molecule has 0 aliphatic rings. The van der Waals surface area contributed by atoms with Crippen molar-refractivity contribution in [2.45, 2.75) is 30.0 Å². The first-order chi connectivity index (χ1) is 9.43. The van der Waals surface area contributed by atoms with Crippen LogP contribution in [0.25, 0.3) is 0 Å². The van der Waals surface area contributed by atoms with Gasteiger partial charge in [0.1, 0.15) is 5.25 Å². The molecular formula is C12H16ClNO5S2. The molecule has 0 aromatic heterocycles. The first-order valence-corrected chi connectivity index (χ1v) is 10.2. The van der Waals surface area contributed by atoms with Crippen molar-refractivity contribution in [1.82, 2.24) is 5.32 Å². The fourth-order valence-electron chi connectivity index (χ4n) is 1.53. The number of benzene rings is 1. The molecule has 1 aromatic carbocycles. The summed E-state index contributed by atoms with van der Waals surface area (Å²) in [6.45, 7) is 2.97. The number of halogens is 1. The molecule has 2 unspecified atom stereocenters. The minimum atomic E-state index is -3.80. The van der Waals surface area contributed by atoms with Gasteiger partial charge in [0.25, 0.3) is 9.05 Å². The van der Waals surface area contributed by atoms with Gasteiger partial charge in [-0.1, -0.05) is 12.1 Å². The lowest BCUT2D eigenvalue weighted by Crippen LogP contribution is -2.38. The first-order valence-electron chi connectivity index (χ1n) is 5.97. The zero-order chi connectivity index (χ0) is 16.4. The molecular weight excluding hydrogens is 338 g/mol. The molecule has 0 bridgehead atoms. The van der Waals surface area contributed by atoms with Crippen molar-refractivity contribution in [2.24, 2.45) is 0 Å². The third-order valence-corrected chi connectivity index (χ3v) is 5.90. The van der Waals surface area contributed by atoms with Crippen molar-refractivity contribution >= 4 is 35.5 Å². The molecule has 0 radical (unpaired) electrons. The average Bonchev–Trinajstić information content (AvgIpc) is 2.35. The molecule has 0 aliphatic heterocycles. The Kier molecular flexibility index (Phi) is 5.40. The SMILES string of the molecule is CC(NC(=O)C(C)S(C)(=O)=O)c1ccc(S(=O)(=O)Cl)cc1. The fourth-order valence-corrected chi connectivity index (χ4v) is 2.75. The monoisotopic (exact) mass is 353 g/mol. The van der Waals surface area contributed by atoms with Crippen LogP contribution in [0.1, 0.15) is 25.5 Å². The van der Waals surface area contributed by atoms with Gasteiger partial charge in [-0.05, 0) is 31.5 Å². The Balaban J connectivity index is 2.86. The van der Waals surface area contributed by atoms with Gasteiger partial charge in [0, 0.05) is 16.9 Å². The summed E-state index contributed by atoms with van der Waals surface area (Å²) >= 11 is 0. The normalized spacial score (nSPS) is 15.2. The van der Waals surface area contributed by atoms with Gasteiger partial charge in [0.15, 0.2) is 9.84 Å². The highest BCUT2D eigenvalue weighted by molar-refractivity contribution is 8.13. The van der Waals surface area contributed by atoms with E-state index in [2.05, 4.69) is 5.32 Å². The van der Waals surface area contributed by atoms with E-state index >= 15 is 0 Å². The van der Waals surface area contributed by atoms with Crippen molar-refractivity contribution in [3.8, 4) is 0 Å². The molecule has 1 rings (SSSR count). The molecule has 118 valence electrons. The topological polar surface area (TPSA) is 97.4 Å². The van der Waals surface area contributed by atoms with Gasteiger partial charge in [0.2, 0.25) is 5.91 Å². The Morgan fingerprint density at radius 1 is 1.10 bits per heavy atom. The fraction of sp³-hybridized carbons (Fsp3) is 0.417. The van der Waals surface area contributed by atoms with Gasteiger partial charge in [-0.25, -0.2) is 16.8 Å². The van der Waals surface area contributed by atoms with Crippen molar-refractivity contribution in [2.75, 3.05) is 6.26 Å². The summed E-state index contributed by atoms with van der Waals surface area (Å²) < 4.78 is 44.8. The number of amides is 1. The van der Waals surface area contributed by atoms with E-state index < -0.39 is 36.1 Å². The van der Waals surface area contributed by atoms with Gasteiger partial charge in [-0.15, -0.1) is 0 Å². The van der Waals surface area contributed by atoms with Crippen LogP contribution in [0.3, 0.4) is 0 Å². The maximum atomic E-state index is 11.8. The van der Waals surface area contributed by atoms with Crippen LogP contribution in [0.2, 0.25) is 0 Å². The lowest BCUT2D eigenvalue weighted by atomic mass is 10.1. The molecule has 0 saturated carbocycles. The molecule has 0 fully saturated rings. The van der Waals surface area contributed by atoms with E-state index in [4.69, 9.17) is 10.7 Å². The highest BCUT2D eigenvalue weighted by atomic mass is 35.7. The van der Waals surface area contributed by atoms with E-state index in [0.29, 0.717) is 5.56 Å². The van der Waals surface area contributed by atoms with E-state index in [1.165, 1.54) is 31.2 Å². The van der Waals surface area contributed by atoms with E-state index in [1.807, 2.05) is 0 Å². The summed E-state index contributed by atoms with van der Waals surface area (Å²) in [5, 5.41) is 1.41. The number of hydrogen-bond acceptors (Lipinski definition) is 5. The third kappa shape index (κ3) is 4.98. The number of sulfone groups is 1. The van der Waals surface area contributed by atoms with Gasteiger partial charge in [0.05, 0.1) is 10.9 Å². The van der Waals surface area contributed by atoms with Crippen LogP contribution in [0.5, 0.6) is 0 Å². The molecule has 0 heterocycles. The minimum absolute atomic E-state index is 0.0454. The predicted molar refractivity (Wildman–Crippen MR) is 80.3 cm³/mol. The number of hydrogen-bond donors (Lipinski definition) is 1. The van der Waals surface area contributed by atoms with E-state index in [0.717, 1.165) is 6.26 Å². The van der Waals surface area contributed by atoms with E-state index in [-0.39, 0.29) is 4.90 Å². The van der Waals surface area contributed by atoms with Crippen LogP contribution >= 0.6 is 10.7 Å². The largest absolute Gasteiger partial charge is 0.348 e. The maximum absolute atomic E-state index is 11.8. The quantitative estimate of drug-likeness (QED) is 0.803. The van der Waals surface area contributed by atoms with Crippen LogP contribution in [0, 0.1) is 0 Å². The summed E-state index contributed by atoms with van der Waals surface area (Å²) in [5.41, 5.74) is 0.633. The van der Waals surface area contributed by atoms with Gasteiger partial charge < -0.3 is 5.32 Å². The van der Waals surface area contributed by atoms with Crippen LogP contribution in [0.4, 0.5) is 0 Å². The summed E-state index contributed by atoms with van der Waals surface area (Å²) in [4.78, 5) is 11.7. The van der Waals surface area contributed by atoms with E-state index in [1.54, 1.807) is 6.92 Å². The second kappa shape index (κ2) is 6.33. The Labute approximate surface area is 128 Å². The van der Waals surface area contributed by atoms with Gasteiger partial charge >= 0.3 is 0 Å². The average molecular weight is 354 g/mol. The van der Waals surface area contributed by atoms with Crippen LogP contribution in [-0.2, 0) is 23.7 Å². The molecule has 2 atom stereocenters. The van der Waals surface area contributed by atoms with Gasteiger partial charge in [-0.3, -0.25) is 4.79 Å². The summed E-state index contributed by atoms with van der Waals surface area (Å²) in [6.07, 6.45) is 0.988. The van der Waals surface area contributed by atoms with Crippen molar-refractivity contribution in [1.29, 1.82) is 0 Å². The Morgan fingerprint density at radius 2 is 1.57 bits per heavy atom. The zero-order valence-corrected chi connectivity index (χ0v) is 14.1. The Hall–Kier alpha value is -1.12. The predicted octanol–water partition coefficient (Wildman–Crippen LogP) is 1.22. The Bertz CT molecular complexity index is 725. The van der Waals surface area contributed by atoms with Gasteiger partial charge in [-0.2, -0.15) is 0 Å². The highest BCUT2D eigenvalue weighted by Crippen LogP contribution is 2.19. The molecule has 6 nitrogen and oxygen atoms in total. The lowest BCUT2D eigenvalue weighted by Gasteiger charge is -2.17. The van der Waals surface area contributed by atoms with Crippen molar-refractivity contribution in [3.05, 3.63) is 29.8 Å². The molecule has 1 N–H and O–H groups in total. The first kappa shape index (κ1) is 17.9. The summed E-state index contributed by atoms with van der Waals surface area (Å²) in [6, 6.07) is 5.19. The van der Waals surface area contributed by atoms with Crippen LogP contribution in [0.15, 0.2) is 29.2 Å². The number of carbonyl (C=O) groups is 1. The lowest BCUT2D eigenvalue weighted by molar-refractivity contribution is -0.121. The Morgan fingerprint density at radius 3 is 1.95 bits per heavy atom. The van der Waals surface area contributed by atoms with Crippen molar-refractivity contribution < 1.29 is 21.6 Å². The molecule has 0 saturated heterocycles. The maximum Gasteiger partial charge on any atom is 0.261 e. The molecule has 9 heteroatoms. The molecule has 1 amide bonds. The third-order valence-electron chi connectivity index (χ3n) is 3.03. The number of rotatable bonds is 5. The molecule has 0 spiro atoms. The van der Waals surface area contributed by atoms with Crippen molar-refractivity contribution in [3.63, 3.8) is 0 Å².